The normalized spacial score (nSPS) is 19.7. The number of likely N-dealkylation sites (tertiary alicyclic amines) is 1. The number of hydrogen-bond donors (Lipinski definition) is 1. The molecule has 0 radical (unpaired) electrons. The minimum Gasteiger partial charge on any atom is -0.310 e. The number of hydrogen-bond acceptors (Lipinski definition) is 2. The van der Waals surface area contributed by atoms with Gasteiger partial charge in [0.15, 0.2) is 0 Å². The van der Waals surface area contributed by atoms with Crippen molar-refractivity contribution in [3.63, 3.8) is 0 Å². The number of benzene rings is 1. The van der Waals surface area contributed by atoms with Crippen molar-refractivity contribution in [2.45, 2.75) is 38.5 Å². The van der Waals surface area contributed by atoms with Crippen molar-refractivity contribution in [3.8, 4) is 0 Å². The molecule has 0 amide bonds. The van der Waals surface area contributed by atoms with Crippen LogP contribution in [0.3, 0.4) is 0 Å². The fraction of sp³-hybridized carbons (Fsp3) is 0.625. The Balaban J connectivity index is 1.82. The molecule has 1 aliphatic rings. The topological polar surface area (TPSA) is 15.3 Å². The van der Waals surface area contributed by atoms with Gasteiger partial charge in [-0.25, -0.2) is 0 Å². The number of piperidine rings is 1. The molecule has 5 heteroatoms. The van der Waals surface area contributed by atoms with Crippen LogP contribution in [0.5, 0.6) is 0 Å². The maximum Gasteiger partial charge on any atom is 0.416 e. The van der Waals surface area contributed by atoms with Gasteiger partial charge in [0.1, 0.15) is 0 Å². The van der Waals surface area contributed by atoms with Crippen molar-refractivity contribution < 1.29 is 13.2 Å². The smallest absolute Gasteiger partial charge is 0.310 e. The summed E-state index contributed by atoms with van der Waals surface area (Å²) in [5.74, 6) is 0.649. The zero-order valence-electron chi connectivity index (χ0n) is 12.6. The maximum absolute atomic E-state index is 12.5. The molecule has 21 heavy (non-hydrogen) atoms. The molecule has 0 spiro atoms. The van der Waals surface area contributed by atoms with Gasteiger partial charge >= 0.3 is 6.18 Å². The van der Waals surface area contributed by atoms with Crippen LogP contribution in [0.2, 0.25) is 0 Å². The van der Waals surface area contributed by atoms with Gasteiger partial charge in [0.05, 0.1) is 5.56 Å². The number of halogens is 3. The summed E-state index contributed by atoms with van der Waals surface area (Å²) < 4.78 is 37.5. The molecule has 1 heterocycles. The highest BCUT2D eigenvalue weighted by Crippen LogP contribution is 2.29. The molecule has 1 N–H and O–H groups in total. The van der Waals surface area contributed by atoms with Crippen molar-refractivity contribution in [3.05, 3.63) is 35.4 Å². The average molecular weight is 300 g/mol. The molecule has 0 bridgehead atoms. The molecule has 1 atom stereocenters. The van der Waals surface area contributed by atoms with E-state index in [0.29, 0.717) is 18.5 Å². The summed E-state index contributed by atoms with van der Waals surface area (Å²) in [7, 11) is 2.14. The van der Waals surface area contributed by atoms with Crippen LogP contribution in [-0.4, -0.2) is 31.1 Å². The van der Waals surface area contributed by atoms with Crippen LogP contribution in [-0.2, 0) is 12.7 Å². The van der Waals surface area contributed by atoms with E-state index in [4.69, 9.17) is 0 Å². The average Bonchev–Trinajstić information content (AvgIpc) is 2.45. The van der Waals surface area contributed by atoms with Crippen LogP contribution in [0.1, 0.15) is 30.9 Å². The number of nitrogens with zero attached hydrogens (tertiary/aromatic N) is 1. The van der Waals surface area contributed by atoms with Crippen LogP contribution < -0.4 is 5.32 Å². The second-order valence-corrected chi connectivity index (χ2v) is 6.00. The Bertz CT molecular complexity index is 434. The minimum absolute atomic E-state index is 0.390. The van der Waals surface area contributed by atoms with Gasteiger partial charge in [-0.2, -0.15) is 13.2 Å². The summed E-state index contributed by atoms with van der Waals surface area (Å²) in [6.07, 6.45) is -1.90. The molecule has 0 aliphatic carbocycles. The molecular weight excluding hydrogens is 277 g/mol. The Labute approximate surface area is 124 Å². The third-order valence-corrected chi connectivity index (χ3v) is 4.38. The van der Waals surface area contributed by atoms with Crippen LogP contribution in [0.25, 0.3) is 0 Å². The van der Waals surface area contributed by atoms with E-state index >= 15 is 0 Å². The maximum atomic E-state index is 12.5. The zero-order valence-corrected chi connectivity index (χ0v) is 12.6. The molecule has 1 aromatic rings. The van der Waals surface area contributed by atoms with Gasteiger partial charge in [0.2, 0.25) is 0 Å². The van der Waals surface area contributed by atoms with E-state index in [9.17, 15) is 13.2 Å². The van der Waals surface area contributed by atoms with Crippen molar-refractivity contribution in [1.82, 2.24) is 10.2 Å². The Kier molecular flexibility index (Phi) is 5.27. The summed E-state index contributed by atoms with van der Waals surface area (Å²) in [5.41, 5.74) is 0.303. The SMILES string of the molecule is CC(NCc1ccc(C(F)(F)F)cc1)C1CCN(C)CC1. The summed E-state index contributed by atoms with van der Waals surface area (Å²) >= 11 is 0. The van der Waals surface area contributed by atoms with E-state index in [0.717, 1.165) is 30.8 Å². The van der Waals surface area contributed by atoms with Gasteiger partial charge in [-0.1, -0.05) is 12.1 Å². The van der Waals surface area contributed by atoms with E-state index in [2.05, 4.69) is 24.2 Å². The number of nitrogens with one attached hydrogen (secondary N) is 1. The Hall–Kier alpha value is -1.07. The van der Waals surface area contributed by atoms with E-state index in [1.165, 1.54) is 12.8 Å². The highest BCUT2D eigenvalue weighted by atomic mass is 19.4. The second-order valence-electron chi connectivity index (χ2n) is 6.00. The predicted octanol–water partition coefficient (Wildman–Crippen LogP) is 3.53. The first-order valence-corrected chi connectivity index (χ1v) is 7.44. The number of alkyl halides is 3. The lowest BCUT2D eigenvalue weighted by molar-refractivity contribution is -0.137. The van der Waals surface area contributed by atoms with Gasteiger partial charge in [-0.05, 0) is 63.5 Å². The van der Waals surface area contributed by atoms with Gasteiger partial charge < -0.3 is 10.2 Å². The van der Waals surface area contributed by atoms with Crippen molar-refractivity contribution in [1.29, 1.82) is 0 Å². The molecule has 1 aliphatic heterocycles. The first kappa shape index (κ1) is 16.3. The fourth-order valence-corrected chi connectivity index (χ4v) is 2.79. The van der Waals surface area contributed by atoms with Crippen molar-refractivity contribution in [2.75, 3.05) is 20.1 Å². The largest absolute Gasteiger partial charge is 0.416 e. The molecule has 1 unspecified atom stereocenters. The number of rotatable bonds is 4. The molecular formula is C16H23F3N2. The third kappa shape index (κ3) is 4.71. The van der Waals surface area contributed by atoms with E-state index < -0.39 is 11.7 Å². The Morgan fingerprint density at radius 3 is 2.29 bits per heavy atom. The lowest BCUT2D eigenvalue weighted by atomic mass is 9.90. The van der Waals surface area contributed by atoms with E-state index in [1.54, 1.807) is 12.1 Å². The van der Waals surface area contributed by atoms with E-state index in [-0.39, 0.29) is 0 Å². The molecule has 1 saturated heterocycles. The quantitative estimate of drug-likeness (QED) is 0.915. The molecule has 1 aromatic carbocycles. The van der Waals surface area contributed by atoms with Gasteiger partial charge in [0.25, 0.3) is 0 Å². The monoisotopic (exact) mass is 300 g/mol. The van der Waals surface area contributed by atoms with Crippen LogP contribution in [0.15, 0.2) is 24.3 Å². The highest BCUT2D eigenvalue weighted by Gasteiger charge is 2.30. The van der Waals surface area contributed by atoms with Gasteiger partial charge in [-0.3, -0.25) is 0 Å². The molecule has 1 fully saturated rings. The second kappa shape index (κ2) is 6.79. The van der Waals surface area contributed by atoms with Gasteiger partial charge in [0, 0.05) is 12.6 Å². The lowest BCUT2D eigenvalue weighted by Crippen LogP contribution is -2.40. The van der Waals surface area contributed by atoms with Crippen LogP contribution in [0.4, 0.5) is 13.2 Å². The van der Waals surface area contributed by atoms with Crippen molar-refractivity contribution >= 4 is 0 Å². The first-order valence-electron chi connectivity index (χ1n) is 7.44. The third-order valence-electron chi connectivity index (χ3n) is 4.38. The standard InChI is InChI=1S/C16H23F3N2/c1-12(14-7-9-21(2)10-8-14)20-11-13-3-5-15(6-4-13)16(17,18)19/h3-6,12,14,20H,7-11H2,1-2H3. The Morgan fingerprint density at radius 2 is 1.76 bits per heavy atom. The lowest BCUT2D eigenvalue weighted by Gasteiger charge is -2.33. The molecule has 2 nitrogen and oxygen atoms in total. The zero-order chi connectivity index (χ0) is 15.5. The van der Waals surface area contributed by atoms with Gasteiger partial charge in [-0.15, -0.1) is 0 Å². The predicted molar refractivity (Wildman–Crippen MR) is 78.0 cm³/mol. The van der Waals surface area contributed by atoms with Crippen LogP contribution in [0, 0.1) is 5.92 Å². The van der Waals surface area contributed by atoms with Crippen LogP contribution >= 0.6 is 0 Å². The highest BCUT2D eigenvalue weighted by molar-refractivity contribution is 5.24. The summed E-state index contributed by atoms with van der Waals surface area (Å²) in [5, 5.41) is 3.44. The summed E-state index contributed by atoms with van der Waals surface area (Å²) in [6, 6.07) is 5.80. The molecule has 0 aromatic heterocycles. The molecule has 2 rings (SSSR count). The summed E-state index contributed by atoms with van der Waals surface area (Å²) in [6.45, 7) is 5.03. The molecule has 0 saturated carbocycles. The minimum atomic E-state index is -4.26. The Morgan fingerprint density at radius 1 is 1.19 bits per heavy atom. The first-order chi connectivity index (χ1) is 9.86. The molecule has 118 valence electrons. The fourth-order valence-electron chi connectivity index (χ4n) is 2.79. The van der Waals surface area contributed by atoms with E-state index in [1.807, 2.05) is 0 Å². The van der Waals surface area contributed by atoms with Crippen molar-refractivity contribution in [2.24, 2.45) is 5.92 Å². The summed E-state index contributed by atoms with van der Waals surface area (Å²) in [4.78, 5) is 2.33.